The molecule has 1 amide bonds. The number of carbonyl (C=O) groups excluding carboxylic acids is 1. The van der Waals surface area contributed by atoms with Crippen LogP contribution in [0.2, 0.25) is 0 Å². The molecule has 1 aromatic carbocycles. The Bertz CT molecular complexity index is 684. The number of carbonyl (C=O) groups is 1. The smallest absolute Gasteiger partial charge is 0.282 e. The van der Waals surface area contributed by atoms with Gasteiger partial charge in [0.15, 0.2) is 0 Å². The van der Waals surface area contributed by atoms with Gasteiger partial charge in [-0.1, -0.05) is 0 Å². The molecule has 1 N–H and O–H groups in total. The summed E-state index contributed by atoms with van der Waals surface area (Å²) in [5.74, 6) is -1.37. The Hall–Kier alpha value is -2.77. The van der Waals surface area contributed by atoms with E-state index in [9.17, 15) is 19.3 Å². The van der Waals surface area contributed by atoms with Crippen molar-refractivity contribution < 1.29 is 14.1 Å². The number of aromatic nitrogens is 2. The first-order valence-corrected chi connectivity index (χ1v) is 6.18. The molecular weight excluding hydrogens is 279 g/mol. The average molecular weight is 292 g/mol. The minimum Gasteiger partial charge on any atom is -0.351 e. The number of nitrogens with zero attached hydrogens (tertiary/aromatic N) is 3. The van der Waals surface area contributed by atoms with Crippen molar-refractivity contribution in [3.05, 3.63) is 57.7 Å². The van der Waals surface area contributed by atoms with Gasteiger partial charge in [-0.2, -0.15) is 5.10 Å². The molecule has 2 rings (SSSR count). The van der Waals surface area contributed by atoms with Gasteiger partial charge in [0.05, 0.1) is 4.92 Å². The van der Waals surface area contributed by atoms with Crippen molar-refractivity contribution in [1.29, 1.82) is 0 Å². The second kappa shape index (κ2) is 6.12. The number of benzene rings is 1. The van der Waals surface area contributed by atoms with E-state index < -0.39 is 22.3 Å². The molecule has 21 heavy (non-hydrogen) atoms. The molecule has 0 unspecified atom stereocenters. The molecule has 2 aromatic rings. The van der Waals surface area contributed by atoms with Crippen LogP contribution in [0, 0.1) is 15.9 Å². The zero-order valence-corrected chi connectivity index (χ0v) is 11.2. The van der Waals surface area contributed by atoms with E-state index in [0.717, 1.165) is 23.9 Å². The lowest BCUT2D eigenvalue weighted by molar-refractivity contribution is -0.385. The van der Waals surface area contributed by atoms with Crippen molar-refractivity contribution in [3.63, 3.8) is 0 Å². The summed E-state index contributed by atoms with van der Waals surface area (Å²) >= 11 is 0. The summed E-state index contributed by atoms with van der Waals surface area (Å²) in [6.45, 7) is 0.270. The number of rotatable bonds is 5. The van der Waals surface area contributed by atoms with Crippen LogP contribution in [0.5, 0.6) is 0 Å². The molecule has 0 aliphatic rings. The number of hydrogen-bond donors (Lipinski definition) is 1. The van der Waals surface area contributed by atoms with Crippen molar-refractivity contribution in [2.24, 2.45) is 7.05 Å². The SMILES string of the molecule is Cn1nccc1CCNC(=O)c1cc(F)ccc1[N+](=O)[O-]. The van der Waals surface area contributed by atoms with Gasteiger partial charge in [-0.05, 0) is 18.2 Å². The van der Waals surface area contributed by atoms with Crippen LogP contribution in [0.15, 0.2) is 30.5 Å². The van der Waals surface area contributed by atoms with Crippen LogP contribution in [0.4, 0.5) is 10.1 Å². The van der Waals surface area contributed by atoms with Gasteiger partial charge < -0.3 is 5.32 Å². The lowest BCUT2D eigenvalue weighted by Gasteiger charge is -2.06. The summed E-state index contributed by atoms with van der Waals surface area (Å²) in [5.41, 5.74) is 0.198. The van der Waals surface area contributed by atoms with Crippen LogP contribution in [0.1, 0.15) is 16.1 Å². The van der Waals surface area contributed by atoms with E-state index in [2.05, 4.69) is 10.4 Å². The van der Waals surface area contributed by atoms with Crippen LogP contribution in [0.3, 0.4) is 0 Å². The summed E-state index contributed by atoms with van der Waals surface area (Å²) in [4.78, 5) is 22.1. The van der Waals surface area contributed by atoms with Crippen molar-refractivity contribution in [1.82, 2.24) is 15.1 Å². The van der Waals surface area contributed by atoms with Gasteiger partial charge in [0.1, 0.15) is 11.4 Å². The fraction of sp³-hybridized carbons (Fsp3) is 0.231. The van der Waals surface area contributed by atoms with Crippen LogP contribution < -0.4 is 5.32 Å². The minimum atomic E-state index is -0.713. The topological polar surface area (TPSA) is 90.1 Å². The van der Waals surface area contributed by atoms with Crippen LogP contribution >= 0.6 is 0 Å². The highest BCUT2D eigenvalue weighted by atomic mass is 19.1. The molecule has 0 fully saturated rings. The second-order valence-corrected chi connectivity index (χ2v) is 4.37. The van der Waals surface area contributed by atoms with Gasteiger partial charge in [0, 0.05) is 38.0 Å². The van der Waals surface area contributed by atoms with Crippen LogP contribution in [0.25, 0.3) is 0 Å². The van der Waals surface area contributed by atoms with Crippen LogP contribution in [-0.4, -0.2) is 27.2 Å². The van der Waals surface area contributed by atoms with E-state index in [1.165, 1.54) is 0 Å². The summed E-state index contributed by atoms with van der Waals surface area (Å²) in [7, 11) is 1.77. The largest absolute Gasteiger partial charge is 0.351 e. The van der Waals surface area contributed by atoms with Crippen molar-refractivity contribution in [2.75, 3.05) is 6.54 Å². The Balaban J connectivity index is 2.05. The molecular formula is C13H13FN4O3. The van der Waals surface area contributed by atoms with Gasteiger partial charge in [0.2, 0.25) is 0 Å². The molecule has 0 radical (unpaired) electrons. The summed E-state index contributed by atoms with van der Waals surface area (Å²) in [6, 6.07) is 4.59. The van der Waals surface area contributed by atoms with Gasteiger partial charge in [-0.25, -0.2) is 4.39 Å². The third-order valence-corrected chi connectivity index (χ3v) is 2.99. The second-order valence-electron chi connectivity index (χ2n) is 4.37. The van der Waals surface area contributed by atoms with Crippen LogP contribution in [-0.2, 0) is 13.5 Å². The van der Waals surface area contributed by atoms with Gasteiger partial charge in [-0.15, -0.1) is 0 Å². The summed E-state index contributed by atoms with van der Waals surface area (Å²) in [5, 5.41) is 17.4. The quantitative estimate of drug-likeness (QED) is 0.667. The maximum Gasteiger partial charge on any atom is 0.282 e. The van der Waals surface area contributed by atoms with E-state index >= 15 is 0 Å². The third kappa shape index (κ3) is 3.41. The number of nitrogens with one attached hydrogen (secondary N) is 1. The van der Waals surface area contributed by atoms with Gasteiger partial charge in [0.25, 0.3) is 11.6 Å². The Labute approximate surface area is 119 Å². The Morgan fingerprint density at radius 1 is 1.48 bits per heavy atom. The van der Waals surface area contributed by atoms with Gasteiger partial charge in [-0.3, -0.25) is 19.6 Å². The van der Waals surface area contributed by atoms with Crippen molar-refractivity contribution in [3.8, 4) is 0 Å². The van der Waals surface area contributed by atoms with Gasteiger partial charge >= 0.3 is 0 Å². The molecule has 7 nitrogen and oxygen atoms in total. The predicted octanol–water partition coefficient (Wildman–Crippen LogP) is 1.44. The first-order valence-electron chi connectivity index (χ1n) is 6.18. The third-order valence-electron chi connectivity index (χ3n) is 2.99. The van der Waals surface area contributed by atoms with E-state index in [4.69, 9.17) is 0 Å². The highest BCUT2D eigenvalue weighted by Gasteiger charge is 2.20. The Morgan fingerprint density at radius 3 is 2.86 bits per heavy atom. The van der Waals surface area contributed by atoms with E-state index in [1.54, 1.807) is 24.0 Å². The molecule has 0 bridgehead atoms. The van der Waals surface area contributed by atoms with E-state index in [1.807, 2.05) is 0 Å². The fourth-order valence-electron chi connectivity index (χ4n) is 1.90. The highest BCUT2D eigenvalue weighted by Crippen LogP contribution is 2.19. The molecule has 110 valence electrons. The number of halogens is 1. The Kier molecular flexibility index (Phi) is 4.27. The van der Waals surface area contributed by atoms with E-state index in [-0.39, 0.29) is 12.1 Å². The molecule has 1 heterocycles. The maximum atomic E-state index is 13.2. The lowest BCUT2D eigenvalue weighted by atomic mass is 10.1. The highest BCUT2D eigenvalue weighted by molar-refractivity contribution is 5.98. The van der Waals surface area contributed by atoms with Crippen molar-refractivity contribution in [2.45, 2.75) is 6.42 Å². The number of nitro groups is 1. The number of aryl methyl sites for hydroxylation is 1. The lowest BCUT2D eigenvalue weighted by Crippen LogP contribution is -2.27. The number of hydrogen-bond acceptors (Lipinski definition) is 4. The zero-order chi connectivity index (χ0) is 15.4. The first-order chi connectivity index (χ1) is 9.99. The molecule has 0 aliphatic carbocycles. The maximum absolute atomic E-state index is 13.2. The molecule has 8 heteroatoms. The molecule has 0 aliphatic heterocycles. The van der Waals surface area contributed by atoms with E-state index in [0.29, 0.717) is 6.42 Å². The normalized spacial score (nSPS) is 10.4. The molecule has 0 spiro atoms. The minimum absolute atomic E-state index is 0.270. The average Bonchev–Trinajstić information content (AvgIpc) is 2.84. The number of nitro benzene ring substituents is 1. The predicted molar refractivity (Wildman–Crippen MR) is 72.3 cm³/mol. The summed E-state index contributed by atoms with van der Waals surface area (Å²) in [6.07, 6.45) is 2.15. The monoisotopic (exact) mass is 292 g/mol. The van der Waals surface area contributed by atoms with Crippen molar-refractivity contribution >= 4 is 11.6 Å². The standard InChI is InChI=1S/C13H13FN4O3/c1-17-10(5-7-16-17)4-6-15-13(19)11-8-9(14)2-3-12(11)18(20)21/h2-3,5,7-8H,4,6H2,1H3,(H,15,19). The fourth-order valence-corrected chi connectivity index (χ4v) is 1.90. The molecule has 1 aromatic heterocycles. The first kappa shape index (κ1) is 14.6. The molecule has 0 atom stereocenters. The molecule has 0 saturated heterocycles. The Morgan fingerprint density at radius 2 is 2.24 bits per heavy atom. The molecule has 0 saturated carbocycles. The number of amides is 1. The zero-order valence-electron chi connectivity index (χ0n) is 11.2. The summed E-state index contributed by atoms with van der Waals surface area (Å²) < 4.78 is 14.8.